The normalized spacial score (nSPS) is 18.2. The van der Waals surface area contributed by atoms with Gasteiger partial charge >= 0.3 is 0 Å². The minimum absolute atomic E-state index is 0. The van der Waals surface area contributed by atoms with Crippen LogP contribution in [0.3, 0.4) is 0 Å². The second-order valence-corrected chi connectivity index (χ2v) is 2.14. The van der Waals surface area contributed by atoms with E-state index in [0.717, 1.165) is 12.8 Å². The largest absolute Gasteiger partial charge is 0.147 e. The van der Waals surface area contributed by atoms with Crippen molar-refractivity contribution in [3.63, 3.8) is 0 Å². The van der Waals surface area contributed by atoms with E-state index in [0.29, 0.717) is 6.04 Å². The maximum Gasteiger partial charge on any atom is 0.0374 e. The number of hydrogen-bond donors (Lipinski definition) is 0. The summed E-state index contributed by atoms with van der Waals surface area (Å²) in [5, 5.41) is 3.60. The molecular weight excluding hydrogens is 138 g/mol. The topological polar surface area (TPSA) is 48.8 Å². The predicted molar refractivity (Wildman–Crippen MR) is 38.7 cm³/mol. The van der Waals surface area contributed by atoms with Crippen LogP contribution in [0.4, 0.5) is 0 Å². The van der Waals surface area contributed by atoms with Gasteiger partial charge in [-0.25, -0.2) is 0 Å². The summed E-state index contributed by atoms with van der Waals surface area (Å²) in [5.74, 6) is 0. The van der Waals surface area contributed by atoms with Crippen LogP contribution in [-0.4, -0.2) is 6.04 Å². The minimum Gasteiger partial charge on any atom is -0.147 e. The zero-order valence-electron chi connectivity index (χ0n) is 5.16. The fourth-order valence-electron chi connectivity index (χ4n) is 1.09. The third kappa shape index (κ3) is 2.59. The van der Waals surface area contributed by atoms with Crippen LogP contribution < -0.4 is 0 Å². The van der Waals surface area contributed by atoms with Crippen molar-refractivity contribution in [1.29, 1.82) is 0 Å². The second-order valence-electron chi connectivity index (χ2n) is 2.14. The average molecular weight is 148 g/mol. The van der Waals surface area contributed by atoms with Gasteiger partial charge in [0.25, 0.3) is 0 Å². The Morgan fingerprint density at radius 1 is 1.33 bits per heavy atom. The van der Waals surface area contributed by atoms with Crippen LogP contribution in [0.15, 0.2) is 5.11 Å². The van der Waals surface area contributed by atoms with E-state index in [1.165, 1.54) is 12.8 Å². The summed E-state index contributed by atoms with van der Waals surface area (Å²) < 4.78 is 0. The monoisotopic (exact) mass is 147 g/mol. The van der Waals surface area contributed by atoms with Gasteiger partial charge in [-0.15, -0.1) is 12.4 Å². The molecule has 1 aliphatic rings. The minimum atomic E-state index is 0. The maximum absolute atomic E-state index is 7.98. The first kappa shape index (κ1) is 8.60. The van der Waals surface area contributed by atoms with E-state index in [-0.39, 0.29) is 12.4 Å². The standard InChI is InChI=1S/C5H9N3.ClH/c6-8-7-5-3-1-2-4-5;/h5H,1-4H2;1H. The van der Waals surface area contributed by atoms with Crippen LogP contribution in [-0.2, 0) is 0 Å². The first-order chi connectivity index (χ1) is 3.93. The summed E-state index contributed by atoms with van der Waals surface area (Å²) in [6.45, 7) is 0. The van der Waals surface area contributed by atoms with Gasteiger partial charge in [0.1, 0.15) is 0 Å². The van der Waals surface area contributed by atoms with Crippen LogP contribution in [0.5, 0.6) is 0 Å². The number of azide groups is 1. The molecule has 0 aliphatic heterocycles. The Kier molecular flexibility index (Phi) is 4.28. The number of halogens is 1. The van der Waals surface area contributed by atoms with Crippen molar-refractivity contribution in [2.45, 2.75) is 31.7 Å². The average Bonchev–Trinajstić information content (AvgIpc) is 2.19. The first-order valence-corrected chi connectivity index (χ1v) is 2.97. The lowest BCUT2D eigenvalue weighted by atomic mass is 10.3. The van der Waals surface area contributed by atoms with Gasteiger partial charge in [-0.1, -0.05) is 18.0 Å². The molecule has 9 heavy (non-hydrogen) atoms. The highest BCUT2D eigenvalue weighted by Crippen LogP contribution is 2.20. The van der Waals surface area contributed by atoms with Gasteiger partial charge in [-0.2, -0.15) is 0 Å². The molecule has 52 valence electrons. The Labute approximate surface area is 60.5 Å². The third-order valence-electron chi connectivity index (χ3n) is 1.54. The van der Waals surface area contributed by atoms with E-state index in [2.05, 4.69) is 10.0 Å². The van der Waals surface area contributed by atoms with Gasteiger partial charge in [0.05, 0.1) is 0 Å². The van der Waals surface area contributed by atoms with E-state index < -0.39 is 0 Å². The highest BCUT2D eigenvalue weighted by molar-refractivity contribution is 5.85. The lowest BCUT2D eigenvalue weighted by molar-refractivity contribution is 0.698. The molecule has 0 unspecified atom stereocenters. The van der Waals surface area contributed by atoms with Gasteiger partial charge < -0.3 is 0 Å². The van der Waals surface area contributed by atoms with Crippen molar-refractivity contribution in [1.82, 2.24) is 0 Å². The van der Waals surface area contributed by atoms with Gasteiger partial charge in [-0.3, -0.25) is 0 Å². The third-order valence-corrected chi connectivity index (χ3v) is 1.54. The Morgan fingerprint density at radius 2 is 1.89 bits per heavy atom. The Bertz CT molecular complexity index is 113. The second kappa shape index (κ2) is 4.48. The summed E-state index contributed by atoms with van der Waals surface area (Å²) in [4.78, 5) is 2.74. The van der Waals surface area contributed by atoms with Crippen LogP contribution in [0.2, 0.25) is 0 Å². The van der Waals surface area contributed by atoms with Crippen molar-refractivity contribution in [3.8, 4) is 0 Å². The molecule has 0 amide bonds. The highest BCUT2D eigenvalue weighted by atomic mass is 35.5. The molecule has 1 saturated carbocycles. The molecule has 0 bridgehead atoms. The van der Waals surface area contributed by atoms with E-state index in [9.17, 15) is 0 Å². The summed E-state index contributed by atoms with van der Waals surface area (Å²) in [5.41, 5.74) is 7.98. The summed E-state index contributed by atoms with van der Waals surface area (Å²) in [6.07, 6.45) is 4.68. The quantitative estimate of drug-likeness (QED) is 0.311. The Morgan fingerprint density at radius 3 is 2.33 bits per heavy atom. The van der Waals surface area contributed by atoms with Gasteiger partial charge in [0.2, 0.25) is 0 Å². The molecule has 0 spiro atoms. The molecule has 0 atom stereocenters. The number of rotatable bonds is 1. The van der Waals surface area contributed by atoms with Crippen molar-refractivity contribution in [2.24, 2.45) is 5.11 Å². The van der Waals surface area contributed by atoms with Crippen molar-refractivity contribution < 1.29 is 0 Å². The molecule has 4 heteroatoms. The van der Waals surface area contributed by atoms with Gasteiger partial charge in [-0.05, 0) is 18.4 Å². The number of nitrogens with zero attached hydrogens (tertiary/aromatic N) is 3. The molecule has 0 radical (unpaired) electrons. The SMILES string of the molecule is Cl.[N-]=[N+]=NC1CCCC1. The van der Waals surface area contributed by atoms with E-state index in [1.54, 1.807) is 0 Å². The van der Waals surface area contributed by atoms with E-state index in [1.807, 2.05) is 0 Å². The van der Waals surface area contributed by atoms with Crippen LogP contribution >= 0.6 is 12.4 Å². The molecule has 0 heterocycles. The first-order valence-electron chi connectivity index (χ1n) is 2.97. The van der Waals surface area contributed by atoms with Gasteiger partial charge in [0.15, 0.2) is 0 Å². The summed E-state index contributed by atoms with van der Waals surface area (Å²) in [7, 11) is 0. The molecule has 1 aliphatic carbocycles. The van der Waals surface area contributed by atoms with Crippen LogP contribution in [0.1, 0.15) is 25.7 Å². The molecule has 1 fully saturated rings. The fraction of sp³-hybridized carbons (Fsp3) is 1.00. The fourth-order valence-corrected chi connectivity index (χ4v) is 1.09. The molecule has 0 aromatic carbocycles. The zero-order valence-corrected chi connectivity index (χ0v) is 5.97. The summed E-state index contributed by atoms with van der Waals surface area (Å²) >= 11 is 0. The smallest absolute Gasteiger partial charge is 0.0374 e. The van der Waals surface area contributed by atoms with Crippen molar-refractivity contribution >= 4 is 12.4 Å². The Balaban J connectivity index is 0.000000640. The van der Waals surface area contributed by atoms with Crippen molar-refractivity contribution in [3.05, 3.63) is 10.4 Å². The maximum atomic E-state index is 7.98. The molecule has 3 nitrogen and oxygen atoms in total. The molecule has 1 rings (SSSR count). The van der Waals surface area contributed by atoms with Crippen molar-refractivity contribution in [2.75, 3.05) is 0 Å². The lowest BCUT2D eigenvalue weighted by Gasteiger charge is -1.92. The van der Waals surface area contributed by atoms with Crippen LogP contribution in [0, 0.1) is 0 Å². The number of hydrogen-bond acceptors (Lipinski definition) is 1. The molecule has 0 N–H and O–H groups in total. The van der Waals surface area contributed by atoms with E-state index >= 15 is 0 Å². The zero-order chi connectivity index (χ0) is 5.82. The van der Waals surface area contributed by atoms with Gasteiger partial charge in [0, 0.05) is 11.0 Å². The molecular formula is C5H10ClN3. The highest BCUT2D eigenvalue weighted by Gasteiger charge is 2.11. The summed E-state index contributed by atoms with van der Waals surface area (Å²) in [6, 6.07) is 0.319. The Hall–Kier alpha value is -0.400. The lowest BCUT2D eigenvalue weighted by Crippen LogP contribution is -1.91. The molecule has 0 aromatic rings. The molecule has 0 aromatic heterocycles. The predicted octanol–water partition coefficient (Wildman–Crippen LogP) is 2.66. The van der Waals surface area contributed by atoms with E-state index in [4.69, 9.17) is 5.53 Å². The molecule has 0 saturated heterocycles. The van der Waals surface area contributed by atoms with Crippen LogP contribution in [0.25, 0.3) is 10.4 Å².